The van der Waals surface area contributed by atoms with Gasteiger partial charge in [-0.15, -0.1) is 0 Å². The summed E-state index contributed by atoms with van der Waals surface area (Å²) < 4.78 is 18.8. The van der Waals surface area contributed by atoms with E-state index in [0.717, 1.165) is 6.07 Å². The topological polar surface area (TPSA) is 72.6 Å². The van der Waals surface area contributed by atoms with Crippen LogP contribution in [0.15, 0.2) is 36.4 Å². The Morgan fingerprint density at radius 3 is 2.70 bits per heavy atom. The van der Waals surface area contributed by atoms with Gasteiger partial charge in [-0.1, -0.05) is 0 Å². The molecule has 5 nitrogen and oxygen atoms in total. The zero-order valence-corrected chi connectivity index (χ0v) is 10.7. The third-order valence-corrected chi connectivity index (χ3v) is 2.72. The number of nitro benzene ring substituents is 1. The first-order valence-corrected chi connectivity index (χ1v) is 5.83. The Morgan fingerprint density at radius 2 is 2.05 bits per heavy atom. The van der Waals surface area contributed by atoms with Crippen molar-refractivity contribution >= 4 is 5.69 Å². The van der Waals surface area contributed by atoms with Crippen LogP contribution in [0.4, 0.5) is 10.1 Å². The Hall–Kier alpha value is -2.47. The van der Waals surface area contributed by atoms with Crippen LogP contribution >= 0.6 is 0 Å². The molecule has 1 N–H and O–H groups in total. The maximum atomic E-state index is 13.3. The second-order valence-corrected chi connectivity index (χ2v) is 4.26. The van der Waals surface area contributed by atoms with Crippen molar-refractivity contribution in [3.8, 4) is 11.5 Å². The molecule has 0 atom stereocenters. The van der Waals surface area contributed by atoms with Gasteiger partial charge in [0.15, 0.2) is 0 Å². The number of hydrogen-bond acceptors (Lipinski definition) is 4. The van der Waals surface area contributed by atoms with Crippen molar-refractivity contribution in [2.24, 2.45) is 0 Å². The summed E-state index contributed by atoms with van der Waals surface area (Å²) in [6.07, 6.45) is 0. The van der Waals surface area contributed by atoms with Gasteiger partial charge in [-0.3, -0.25) is 10.1 Å². The number of halogens is 1. The Bertz CT molecular complexity index is 658. The van der Waals surface area contributed by atoms with Crippen molar-refractivity contribution in [1.82, 2.24) is 0 Å². The maximum Gasteiger partial charge on any atom is 0.273 e. The second-order valence-electron chi connectivity index (χ2n) is 4.26. The van der Waals surface area contributed by atoms with Gasteiger partial charge in [0.25, 0.3) is 5.69 Å². The molecular formula is C14H12FNO4. The number of nitrogens with zero attached hydrogens (tertiary/aromatic N) is 1. The molecule has 6 heteroatoms. The molecule has 0 aliphatic rings. The SMILES string of the molecule is Cc1ccc([N+](=O)[O-])cc1Oc1cc(F)cc(CO)c1. The second kappa shape index (κ2) is 5.66. The standard InChI is InChI=1S/C14H12FNO4/c1-9-2-3-12(16(18)19)7-14(9)20-13-5-10(8-17)4-11(15)6-13/h2-7,17H,8H2,1H3. The number of aliphatic hydroxyl groups is 1. The molecule has 0 spiro atoms. The lowest BCUT2D eigenvalue weighted by Crippen LogP contribution is -1.94. The lowest BCUT2D eigenvalue weighted by molar-refractivity contribution is -0.384. The van der Waals surface area contributed by atoms with Crippen molar-refractivity contribution in [1.29, 1.82) is 0 Å². The van der Waals surface area contributed by atoms with Gasteiger partial charge in [0.2, 0.25) is 0 Å². The summed E-state index contributed by atoms with van der Waals surface area (Å²) in [4.78, 5) is 10.2. The normalized spacial score (nSPS) is 10.3. The number of rotatable bonds is 4. The molecule has 104 valence electrons. The van der Waals surface area contributed by atoms with Crippen molar-refractivity contribution in [3.63, 3.8) is 0 Å². The predicted molar refractivity (Wildman–Crippen MR) is 70.2 cm³/mol. The first kappa shape index (κ1) is 14.0. The lowest BCUT2D eigenvalue weighted by atomic mass is 10.2. The van der Waals surface area contributed by atoms with Crippen LogP contribution in [0.1, 0.15) is 11.1 Å². The summed E-state index contributed by atoms with van der Waals surface area (Å²) in [5.74, 6) is -0.0963. The molecule has 0 aromatic heterocycles. The molecule has 0 bridgehead atoms. The van der Waals surface area contributed by atoms with Crippen LogP contribution in [-0.2, 0) is 6.61 Å². The molecule has 0 saturated heterocycles. The number of aryl methyl sites for hydroxylation is 1. The molecule has 20 heavy (non-hydrogen) atoms. The molecule has 0 aliphatic carbocycles. The van der Waals surface area contributed by atoms with Crippen LogP contribution in [0.25, 0.3) is 0 Å². The van der Waals surface area contributed by atoms with Crippen LogP contribution < -0.4 is 4.74 Å². The fourth-order valence-corrected chi connectivity index (χ4v) is 1.71. The third-order valence-electron chi connectivity index (χ3n) is 2.72. The van der Waals surface area contributed by atoms with Crippen molar-refractivity contribution in [2.75, 3.05) is 0 Å². The van der Waals surface area contributed by atoms with Gasteiger partial charge in [-0.2, -0.15) is 0 Å². The maximum absolute atomic E-state index is 13.3. The third kappa shape index (κ3) is 3.10. The highest BCUT2D eigenvalue weighted by Gasteiger charge is 2.11. The van der Waals surface area contributed by atoms with Gasteiger partial charge in [0, 0.05) is 12.1 Å². The summed E-state index contributed by atoms with van der Waals surface area (Å²) in [5, 5.41) is 19.7. The highest BCUT2D eigenvalue weighted by molar-refractivity contribution is 5.46. The molecule has 2 aromatic carbocycles. The van der Waals surface area contributed by atoms with E-state index in [1.165, 1.54) is 24.3 Å². The van der Waals surface area contributed by atoms with Crippen LogP contribution in [0.5, 0.6) is 11.5 Å². The van der Waals surface area contributed by atoms with E-state index in [2.05, 4.69) is 0 Å². The Morgan fingerprint density at radius 1 is 1.30 bits per heavy atom. The highest BCUT2D eigenvalue weighted by Crippen LogP contribution is 2.29. The Labute approximate surface area is 114 Å². The number of ether oxygens (including phenoxy) is 1. The zero-order chi connectivity index (χ0) is 14.7. The van der Waals surface area contributed by atoms with E-state index in [1.54, 1.807) is 13.0 Å². The van der Waals surface area contributed by atoms with Crippen molar-refractivity contribution in [3.05, 3.63) is 63.5 Å². The first-order chi connectivity index (χ1) is 9.49. The highest BCUT2D eigenvalue weighted by atomic mass is 19.1. The largest absolute Gasteiger partial charge is 0.457 e. The van der Waals surface area contributed by atoms with Crippen LogP contribution in [0.3, 0.4) is 0 Å². The summed E-state index contributed by atoms with van der Waals surface area (Å²) in [6, 6.07) is 8.01. The minimum atomic E-state index is -0.547. The van der Waals surface area contributed by atoms with E-state index >= 15 is 0 Å². The van der Waals surface area contributed by atoms with Gasteiger partial charge in [-0.05, 0) is 36.2 Å². The smallest absolute Gasteiger partial charge is 0.273 e. The molecule has 2 rings (SSSR count). The summed E-state index contributed by atoms with van der Waals surface area (Å²) in [6.45, 7) is 1.41. The van der Waals surface area contributed by atoms with E-state index in [0.29, 0.717) is 11.1 Å². The lowest BCUT2D eigenvalue weighted by Gasteiger charge is -2.09. The zero-order valence-electron chi connectivity index (χ0n) is 10.7. The number of benzene rings is 2. The fraction of sp³-hybridized carbons (Fsp3) is 0.143. The molecule has 0 fully saturated rings. The minimum Gasteiger partial charge on any atom is -0.457 e. The molecule has 0 amide bonds. The molecular weight excluding hydrogens is 265 g/mol. The molecule has 0 heterocycles. The van der Waals surface area contributed by atoms with Gasteiger partial charge in [0.1, 0.15) is 17.3 Å². The van der Waals surface area contributed by atoms with E-state index in [9.17, 15) is 14.5 Å². The Balaban J connectivity index is 2.36. The number of aliphatic hydroxyl groups excluding tert-OH is 1. The molecule has 0 saturated carbocycles. The summed E-state index contributed by atoms with van der Waals surface area (Å²) in [5.41, 5.74) is 0.942. The first-order valence-electron chi connectivity index (χ1n) is 5.83. The number of non-ortho nitro benzene ring substituents is 1. The van der Waals surface area contributed by atoms with Crippen LogP contribution in [0, 0.1) is 22.9 Å². The molecule has 0 radical (unpaired) electrons. The van der Waals surface area contributed by atoms with Crippen molar-refractivity contribution in [2.45, 2.75) is 13.5 Å². The van der Waals surface area contributed by atoms with Gasteiger partial charge >= 0.3 is 0 Å². The molecule has 2 aromatic rings. The van der Waals surface area contributed by atoms with E-state index < -0.39 is 10.7 Å². The van der Waals surface area contributed by atoms with Gasteiger partial charge in [0.05, 0.1) is 17.6 Å². The minimum absolute atomic E-state index is 0.107. The number of hydrogen-bond donors (Lipinski definition) is 1. The van der Waals surface area contributed by atoms with E-state index in [1.807, 2.05) is 0 Å². The monoisotopic (exact) mass is 277 g/mol. The summed E-state index contributed by atoms with van der Waals surface area (Å²) >= 11 is 0. The molecule has 0 unspecified atom stereocenters. The quantitative estimate of drug-likeness (QED) is 0.687. The van der Waals surface area contributed by atoms with Gasteiger partial charge < -0.3 is 9.84 Å². The van der Waals surface area contributed by atoms with E-state index in [-0.39, 0.29) is 23.8 Å². The summed E-state index contributed by atoms with van der Waals surface area (Å²) in [7, 11) is 0. The average molecular weight is 277 g/mol. The van der Waals surface area contributed by atoms with Crippen molar-refractivity contribution < 1.29 is 19.2 Å². The average Bonchev–Trinajstić information content (AvgIpc) is 2.40. The van der Waals surface area contributed by atoms with E-state index in [4.69, 9.17) is 9.84 Å². The fourth-order valence-electron chi connectivity index (χ4n) is 1.71. The number of nitro groups is 1. The molecule has 0 aliphatic heterocycles. The Kier molecular flexibility index (Phi) is 3.95. The van der Waals surface area contributed by atoms with Gasteiger partial charge in [-0.25, -0.2) is 4.39 Å². The predicted octanol–water partition coefficient (Wildman–Crippen LogP) is 3.33. The van der Waals surface area contributed by atoms with Crippen LogP contribution in [0.2, 0.25) is 0 Å². The van der Waals surface area contributed by atoms with Crippen LogP contribution in [-0.4, -0.2) is 10.0 Å².